The second-order valence-corrected chi connectivity index (χ2v) is 8.48. The van der Waals surface area contributed by atoms with Gasteiger partial charge < -0.3 is 10.2 Å². The van der Waals surface area contributed by atoms with Crippen LogP contribution in [-0.4, -0.2) is 22.8 Å². The first-order valence-corrected chi connectivity index (χ1v) is 11.3. The number of aliphatic hydroxyl groups is 1. The van der Waals surface area contributed by atoms with Crippen molar-refractivity contribution in [3.8, 4) is 0 Å². The van der Waals surface area contributed by atoms with Gasteiger partial charge in [-0.15, -0.1) is 0 Å². The van der Waals surface area contributed by atoms with Crippen molar-refractivity contribution < 1.29 is 15.0 Å². The van der Waals surface area contributed by atoms with Gasteiger partial charge in [-0.2, -0.15) is 0 Å². The average molecular weight is 371 g/mol. The predicted molar refractivity (Wildman–Crippen MR) is 112 cm³/mol. The minimum absolute atomic E-state index is 0.0497. The molecule has 0 aromatic rings. The Morgan fingerprint density at radius 3 is 1.54 bits per heavy atom. The van der Waals surface area contributed by atoms with E-state index in [1.165, 1.54) is 83.5 Å². The van der Waals surface area contributed by atoms with Crippen LogP contribution in [0.4, 0.5) is 0 Å². The third-order valence-electron chi connectivity index (χ3n) is 6.20. The van der Waals surface area contributed by atoms with E-state index >= 15 is 0 Å². The van der Waals surface area contributed by atoms with Gasteiger partial charge >= 0.3 is 5.97 Å². The third-order valence-corrected chi connectivity index (χ3v) is 6.20. The summed E-state index contributed by atoms with van der Waals surface area (Å²) < 4.78 is 0. The molecule has 0 rings (SSSR count). The maximum absolute atomic E-state index is 11.5. The number of unbranched alkanes of at least 4 members (excludes halogenated alkanes) is 13. The molecule has 2 atom stereocenters. The van der Waals surface area contributed by atoms with E-state index in [0.29, 0.717) is 6.42 Å². The van der Waals surface area contributed by atoms with Crippen LogP contribution in [0, 0.1) is 11.3 Å². The SMILES string of the molecule is CCCCCCCCCCCCCCCCC(C)C(C)(CCO)C(=O)O. The van der Waals surface area contributed by atoms with E-state index in [2.05, 4.69) is 6.92 Å². The predicted octanol–water partition coefficient (Wildman–Crippen LogP) is 6.97. The summed E-state index contributed by atoms with van der Waals surface area (Å²) in [6, 6.07) is 0. The molecule has 0 fully saturated rings. The summed E-state index contributed by atoms with van der Waals surface area (Å²) >= 11 is 0. The molecule has 0 aromatic heterocycles. The molecule has 0 aliphatic heterocycles. The highest BCUT2D eigenvalue weighted by molar-refractivity contribution is 5.74. The Morgan fingerprint density at radius 2 is 1.19 bits per heavy atom. The van der Waals surface area contributed by atoms with Crippen LogP contribution in [-0.2, 0) is 4.79 Å². The number of carboxylic acid groups (broad SMARTS) is 1. The van der Waals surface area contributed by atoms with Crippen molar-refractivity contribution in [2.45, 2.75) is 124 Å². The summed E-state index contributed by atoms with van der Waals surface area (Å²) in [6.45, 7) is 6.02. The van der Waals surface area contributed by atoms with E-state index < -0.39 is 11.4 Å². The molecule has 0 radical (unpaired) electrons. The van der Waals surface area contributed by atoms with Gasteiger partial charge in [-0.05, 0) is 25.7 Å². The quantitative estimate of drug-likeness (QED) is 0.241. The average Bonchev–Trinajstić information content (AvgIpc) is 2.61. The van der Waals surface area contributed by atoms with Crippen molar-refractivity contribution in [1.29, 1.82) is 0 Å². The Morgan fingerprint density at radius 1 is 0.808 bits per heavy atom. The van der Waals surface area contributed by atoms with E-state index in [0.717, 1.165) is 12.8 Å². The Hall–Kier alpha value is -0.570. The summed E-state index contributed by atoms with van der Waals surface area (Å²) in [7, 11) is 0. The molecule has 0 aliphatic carbocycles. The first-order chi connectivity index (χ1) is 12.5. The maximum atomic E-state index is 11.5. The molecule has 26 heavy (non-hydrogen) atoms. The molecule has 0 bridgehead atoms. The minimum atomic E-state index is -0.786. The summed E-state index contributed by atoms with van der Waals surface area (Å²) in [4.78, 5) is 11.5. The lowest BCUT2D eigenvalue weighted by atomic mass is 9.73. The largest absolute Gasteiger partial charge is 0.481 e. The van der Waals surface area contributed by atoms with Crippen LogP contribution in [0.3, 0.4) is 0 Å². The summed E-state index contributed by atoms with van der Waals surface area (Å²) in [5.41, 5.74) is -0.786. The van der Waals surface area contributed by atoms with Gasteiger partial charge in [-0.3, -0.25) is 4.79 Å². The van der Waals surface area contributed by atoms with E-state index in [-0.39, 0.29) is 12.5 Å². The second-order valence-electron chi connectivity index (χ2n) is 8.48. The fraction of sp³-hybridized carbons (Fsp3) is 0.957. The van der Waals surface area contributed by atoms with Gasteiger partial charge in [-0.25, -0.2) is 0 Å². The van der Waals surface area contributed by atoms with E-state index in [1.807, 2.05) is 6.92 Å². The Balaban J connectivity index is 3.49. The van der Waals surface area contributed by atoms with Crippen molar-refractivity contribution in [3.05, 3.63) is 0 Å². The smallest absolute Gasteiger partial charge is 0.309 e. The Bertz CT molecular complexity index is 329. The lowest BCUT2D eigenvalue weighted by molar-refractivity contribution is -0.152. The lowest BCUT2D eigenvalue weighted by Crippen LogP contribution is -2.35. The van der Waals surface area contributed by atoms with Crippen LogP contribution in [0.25, 0.3) is 0 Å². The molecule has 2 N–H and O–H groups in total. The van der Waals surface area contributed by atoms with E-state index in [4.69, 9.17) is 5.11 Å². The first-order valence-electron chi connectivity index (χ1n) is 11.3. The number of hydrogen-bond donors (Lipinski definition) is 2. The van der Waals surface area contributed by atoms with Crippen LogP contribution in [0.5, 0.6) is 0 Å². The molecule has 0 amide bonds. The fourth-order valence-corrected chi connectivity index (χ4v) is 3.76. The molecule has 3 nitrogen and oxygen atoms in total. The summed E-state index contributed by atoms with van der Waals surface area (Å²) in [5.74, 6) is -0.658. The molecular weight excluding hydrogens is 324 g/mol. The lowest BCUT2D eigenvalue weighted by Gasteiger charge is -2.31. The van der Waals surface area contributed by atoms with E-state index in [1.54, 1.807) is 6.92 Å². The minimum Gasteiger partial charge on any atom is -0.481 e. The standard InChI is InChI=1S/C23H46O3/c1-4-5-6-7-8-9-10-11-12-13-14-15-16-17-18-21(2)23(3,19-20-24)22(25)26/h21,24H,4-20H2,1-3H3,(H,25,26). The van der Waals surface area contributed by atoms with Crippen LogP contribution < -0.4 is 0 Å². The van der Waals surface area contributed by atoms with Crippen molar-refractivity contribution in [3.63, 3.8) is 0 Å². The monoisotopic (exact) mass is 370 g/mol. The highest BCUT2D eigenvalue weighted by atomic mass is 16.4. The number of aliphatic hydroxyl groups excluding tert-OH is 1. The normalized spacial score (nSPS) is 14.9. The molecular formula is C23H46O3. The van der Waals surface area contributed by atoms with Gasteiger partial charge in [0.1, 0.15) is 0 Å². The Kier molecular flexibility index (Phi) is 16.2. The number of hydrogen-bond acceptors (Lipinski definition) is 2. The maximum Gasteiger partial charge on any atom is 0.309 e. The number of carbonyl (C=O) groups is 1. The molecule has 0 saturated carbocycles. The van der Waals surface area contributed by atoms with Crippen molar-refractivity contribution in [1.82, 2.24) is 0 Å². The van der Waals surface area contributed by atoms with Crippen molar-refractivity contribution in [2.24, 2.45) is 11.3 Å². The molecule has 0 heterocycles. The zero-order chi connectivity index (χ0) is 19.7. The summed E-state index contributed by atoms with van der Waals surface area (Å²) in [6.07, 6.45) is 20.1. The van der Waals surface area contributed by atoms with E-state index in [9.17, 15) is 9.90 Å². The van der Waals surface area contributed by atoms with Gasteiger partial charge in [0, 0.05) is 6.61 Å². The molecule has 2 unspecified atom stereocenters. The molecule has 3 heteroatoms. The molecule has 0 aliphatic rings. The fourth-order valence-electron chi connectivity index (χ4n) is 3.76. The Labute approximate surface area is 163 Å². The number of aliphatic carboxylic acids is 1. The zero-order valence-electron chi connectivity index (χ0n) is 17.9. The first kappa shape index (κ1) is 25.4. The van der Waals surface area contributed by atoms with Crippen LogP contribution in [0.1, 0.15) is 124 Å². The molecule has 0 aromatic carbocycles. The van der Waals surface area contributed by atoms with Crippen molar-refractivity contribution >= 4 is 5.97 Å². The second kappa shape index (κ2) is 16.6. The number of rotatable bonds is 19. The summed E-state index contributed by atoms with van der Waals surface area (Å²) in [5, 5.41) is 18.6. The number of carboxylic acids is 1. The van der Waals surface area contributed by atoms with Crippen LogP contribution in [0.2, 0.25) is 0 Å². The highest BCUT2D eigenvalue weighted by Gasteiger charge is 2.37. The van der Waals surface area contributed by atoms with Crippen molar-refractivity contribution in [2.75, 3.05) is 6.61 Å². The van der Waals surface area contributed by atoms with Crippen LogP contribution >= 0.6 is 0 Å². The van der Waals surface area contributed by atoms with Gasteiger partial charge in [-0.1, -0.05) is 104 Å². The highest BCUT2D eigenvalue weighted by Crippen LogP contribution is 2.34. The molecule has 156 valence electrons. The topological polar surface area (TPSA) is 57.5 Å². The van der Waals surface area contributed by atoms with Gasteiger partial charge in [0.15, 0.2) is 0 Å². The van der Waals surface area contributed by atoms with Gasteiger partial charge in [0.25, 0.3) is 0 Å². The zero-order valence-corrected chi connectivity index (χ0v) is 17.9. The molecule has 0 spiro atoms. The van der Waals surface area contributed by atoms with Gasteiger partial charge in [0.2, 0.25) is 0 Å². The molecule has 0 saturated heterocycles. The van der Waals surface area contributed by atoms with Gasteiger partial charge in [0.05, 0.1) is 5.41 Å². The van der Waals surface area contributed by atoms with Crippen LogP contribution in [0.15, 0.2) is 0 Å². The third kappa shape index (κ3) is 11.9.